The van der Waals surface area contributed by atoms with Crippen LogP contribution >= 0.6 is 0 Å². The molecular formula is C16H19F3O2. The fourth-order valence-corrected chi connectivity index (χ4v) is 3.08. The van der Waals surface area contributed by atoms with E-state index in [2.05, 4.69) is 0 Å². The number of hydrogen-bond acceptors (Lipinski definition) is 2. The van der Waals surface area contributed by atoms with Crippen LogP contribution in [0.1, 0.15) is 41.6 Å². The zero-order valence-electron chi connectivity index (χ0n) is 12.2. The number of methoxy groups -OCH3 is 1. The maximum Gasteiger partial charge on any atom is 0.392 e. The van der Waals surface area contributed by atoms with Gasteiger partial charge in [-0.3, -0.25) is 4.79 Å². The molecule has 0 heterocycles. The van der Waals surface area contributed by atoms with Crippen LogP contribution in [0.15, 0.2) is 18.2 Å². The molecule has 1 fully saturated rings. The minimum absolute atomic E-state index is 0.0507. The fraction of sp³-hybridized carbons (Fsp3) is 0.562. The monoisotopic (exact) mass is 300 g/mol. The number of halogens is 3. The summed E-state index contributed by atoms with van der Waals surface area (Å²) in [5.74, 6) is -2.26. The van der Waals surface area contributed by atoms with E-state index in [1.54, 1.807) is 25.1 Å². The first-order valence-electron chi connectivity index (χ1n) is 7.10. The highest BCUT2D eigenvalue weighted by molar-refractivity contribution is 5.99. The van der Waals surface area contributed by atoms with E-state index in [0.717, 1.165) is 0 Å². The van der Waals surface area contributed by atoms with Crippen LogP contribution < -0.4 is 4.74 Å². The summed E-state index contributed by atoms with van der Waals surface area (Å²) in [5, 5.41) is 0. The Balaban J connectivity index is 2.29. The van der Waals surface area contributed by atoms with Gasteiger partial charge in [-0.25, -0.2) is 0 Å². The summed E-state index contributed by atoms with van der Waals surface area (Å²) in [6.45, 7) is 1.72. The molecule has 1 aromatic rings. The van der Waals surface area contributed by atoms with Gasteiger partial charge in [-0.15, -0.1) is 0 Å². The summed E-state index contributed by atoms with van der Waals surface area (Å²) in [6, 6.07) is 4.86. The number of benzene rings is 1. The molecule has 0 saturated heterocycles. The smallest absolute Gasteiger partial charge is 0.392 e. The summed E-state index contributed by atoms with van der Waals surface area (Å²) >= 11 is 0. The summed E-state index contributed by atoms with van der Waals surface area (Å²) in [6.07, 6.45) is -2.72. The number of Topliss-reactive ketones (excluding diaryl/α,β-unsaturated/α-hetero) is 1. The number of carbonyl (C=O) groups excluding carboxylic acids is 1. The van der Waals surface area contributed by atoms with Gasteiger partial charge in [0.25, 0.3) is 0 Å². The highest BCUT2D eigenvalue weighted by atomic mass is 19.4. The number of aryl methyl sites for hydroxylation is 1. The molecule has 5 heteroatoms. The molecule has 2 unspecified atom stereocenters. The predicted octanol–water partition coefficient (Wildman–Crippen LogP) is 4.56. The van der Waals surface area contributed by atoms with E-state index in [9.17, 15) is 18.0 Å². The van der Waals surface area contributed by atoms with E-state index in [-0.39, 0.29) is 6.42 Å². The van der Waals surface area contributed by atoms with Crippen LogP contribution in [0.5, 0.6) is 5.75 Å². The van der Waals surface area contributed by atoms with Gasteiger partial charge in [-0.2, -0.15) is 13.2 Å². The van der Waals surface area contributed by atoms with Crippen molar-refractivity contribution in [3.8, 4) is 5.75 Å². The zero-order valence-corrected chi connectivity index (χ0v) is 12.2. The minimum Gasteiger partial charge on any atom is -0.497 e. The van der Waals surface area contributed by atoms with Crippen LogP contribution in [0.4, 0.5) is 13.2 Å². The number of alkyl halides is 3. The van der Waals surface area contributed by atoms with Gasteiger partial charge in [0.1, 0.15) is 5.75 Å². The van der Waals surface area contributed by atoms with Crippen molar-refractivity contribution in [2.45, 2.75) is 38.8 Å². The number of ketones is 1. The van der Waals surface area contributed by atoms with Crippen LogP contribution in [0.2, 0.25) is 0 Å². The maximum absolute atomic E-state index is 13.1. The molecule has 1 aliphatic carbocycles. The lowest BCUT2D eigenvalue weighted by atomic mass is 9.74. The Kier molecular flexibility index (Phi) is 4.59. The Bertz CT molecular complexity index is 523. The molecule has 0 amide bonds. The van der Waals surface area contributed by atoms with Crippen LogP contribution in [-0.2, 0) is 0 Å². The molecule has 0 bridgehead atoms. The molecule has 0 aliphatic heterocycles. The molecule has 1 aliphatic rings. The highest BCUT2D eigenvalue weighted by Gasteiger charge is 2.48. The van der Waals surface area contributed by atoms with Crippen LogP contribution in [-0.4, -0.2) is 19.1 Å². The van der Waals surface area contributed by atoms with Gasteiger partial charge in [0, 0.05) is 11.5 Å². The quantitative estimate of drug-likeness (QED) is 0.765. The topological polar surface area (TPSA) is 26.3 Å². The maximum atomic E-state index is 13.1. The van der Waals surface area contributed by atoms with Gasteiger partial charge in [0.15, 0.2) is 5.78 Å². The second-order valence-electron chi connectivity index (χ2n) is 5.58. The van der Waals surface area contributed by atoms with Crippen molar-refractivity contribution < 1.29 is 22.7 Å². The Labute approximate surface area is 122 Å². The number of ether oxygens (including phenoxy) is 1. The first-order valence-corrected chi connectivity index (χ1v) is 7.10. The third kappa shape index (κ3) is 3.39. The van der Waals surface area contributed by atoms with Crippen molar-refractivity contribution in [3.63, 3.8) is 0 Å². The SMILES string of the molecule is COc1ccc(C(=O)C2CCCCC2C(F)(F)F)c(C)c1. The van der Waals surface area contributed by atoms with E-state index < -0.39 is 23.8 Å². The van der Waals surface area contributed by atoms with Crippen molar-refractivity contribution >= 4 is 5.78 Å². The molecule has 0 radical (unpaired) electrons. The molecule has 1 saturated carbocycles. The lowest BCUT2D eigenvalue weighted by Gasteiger charge is -2.32. The van der Waals surface area contributed by atoms with Crippen molar-refractivity contribution in [2.75, 3.05) is 7.11 Å². The Morgan fingerprint density at radius 2 is 1.90 bits per heavy atom. The number of carbonyl (C=O) groups is 1. The molecule has 21 heavy (non-hydrogen) atoms. The van der Waals surface area contributed by atoms with Crippen LogP contribution in [0.3, 0.4) is 0 Å². The molecular weight excluding hydrogens is 281 g/mol. The molecule has 2 rings (SSSR count). The van der Waals surface area contributed by atoms with Crippen molar-refractivity contribution in [1.29, 1.82) is 0 Å². The second kappa shape index (κ2) is 6.08. The van der Waals surface area contributed by atoms with Crippen molar-refractivity contribution in [2.24, 2.45) is 11.8 Å². The van der Waals surface area contributed by atoms with Crippen LogP contribution in [0.25, 0.3) is 0 Å². The first-order chi connectivity index (χ1) is 9.84. The molecule has 0 aromatic heterocycles. The first kappa shape index (κ1) is 15.9. The summed E-state index contributed by atoms with van der Waals surface area (Å²) in [4.78, 5) is 12.5. The third-order valence-corrected chi connectivity index (χ3v) is 4.22. The molecule has 2 nitrogen and oxygen atoms in total. The Hall–Kier alpha value is -1.52. The standard InChI is InChI=1S/C16H19F3O2/c1-10-9-11(21-2)7-8-12(10)15(20)13-5-3-4-6-14(13)16(17,18)19/h7-9,13-14H,3-6H2,1-2H3. The molecule has 116 valence electrons. The molecule has 1 aromatic carbocycles. The summed E-state index contributed by atoms with van der Waals surface area (Å²) in [7, 11) is 1.51. The van der Waals surface area contributed by atoms with Crippen molar-refractivity contribution in [1.82, 2.24) is 0 Å². The lowest BCUT2D eigenvalue weighted by molar-refractivity contribution is -0.190. The average Bonchev–Trinajstić information content (AvgIpc) is 2.45. The van der Waals surface area contributed by atoms with E-state index in [1.807, 2.05) is 0 Å². The number of rotatable bonds is 3. The molecule has 0 spiro atoms. The van der Waals surface area contributed by atoms with E-state index >= 15 is 0 Å². The number of hydrogen-bond donors (Lipinski definition) is 0. The van der Waals surface area contributed by atoms with Gasteiger partial charge in [-0.1, -0.05) is 12.8 Å². The van der Waals surface area contributed by atoms with E-state index in [1.165, 1.54) is 7.11 Å². The summed E-state index contributed by atoms with van der Waals surface area (Å²) in [5.41, 5.74) is 1.03. The molecule has 2 atom stereocenters. The van der Waals surface area contributed by atoms with E-state index in [0.29, 0.717) is 36.1 Å². The highest BCUT2D eigenvalue weighted by Crippen LogP contribution is 2.43. The summed E-state index contributed by atoms with van der Waals surface area (Å²) < 4.78 is 44.4. The van der Waals surface area contributed by atoms with Gasteiger partial charge in [0.05, 0.1) is 13.0 Å². The normalized spacial score (nSPS) is 22.9. The van der Waals surface area contributed by atoms with Gasteiger partial charge < -0.3 is 4.74 Å². The predicted molar refractivity (Wildman–Crippen MR) is 73.6 cm³/mol. The van der Waals surface area contributed by atoms with Gasteiger partial charge >= 0.3 is 6.18 Å². The average molecular weight is 300 g/mol. The van der Waals surface area contributed by atoms with Crippen molar-refractivity contribution in [3.05, 3.63) is 29.3 Å². The van der Waals surface area contributed by atoms with E-state index in [4.69, 9.17) is 4.74 Å². The third-order valence-electron chi connectivity index (χ3n) is 4.22. The Morgan fingerprint density at radius 1 is 1.24 bits per heavy atom. The molecule has 0 N–H and O–H groups in total. The van der Waals surface area contributed by atoms with Crippen LogP contribution in [0, 0.1) is 18.8 Å². The lowest BCUT2D eigenvalue weighted by Crippen LogP contribution is -2.37. The second-order valence-corrected chi connectivity index (χ2v) is 5.58. The Morgan fingerprint density at radius 3 is 2.48 bits per heavy atom. The van der Waals surface area contributed by atoms with Gasteiger partial charge in [-0.05, 0) is 43.5 Å². The minimum atomic E-state index is -4.30. The zero-order chi connectivity index (χ0) is 15.6. The fourth-order valence-electron chi connectivity index (χ4n) is 3.08. The van der Waals surface area contributed by atoms with Gasteiger partial charge in [0.2, 0.25) is 0 Å². The largest absolute Gasteiger partial charge is 0.497 e.